The molecule has 0 spiro atoms. The van der Waals surface area contributed by atoms with Crippen LogP contribution < -0.4 is 15.7 Å². The van der Waals surface area contributed by atoms with Crippen LogP contribution in [0.4, 0.5) is 19.1 Å². The molecule has 1 amide bonds. The van der Waals surface area contributed by atoms with Gasteiger partial charge in [0, 0.05) is 31.0 Å². The van der Waals surface area contributed by atoms with Crippen LogP contribution in [-0.4, -0.2) is 52.8 Å². The predicted octanol–water partition coefficient (Wildman–Crippen LogP) is 3.84. The molecule has 0 saturated carbocycles. The molecule has 14 heteroatoms. The Morgan fingerprint density at radius 3 is 2.42 bits per heavy atom. The first kappa shape index (κ1) is 24.2. The van der Waals surface area contributed by atoms with Crippen molar-refractivity contribution in [1.82, 2.24) is 20.8 Å². The summed E-state index contributed by atoms with van der Waals surface area (Å²) in [4.78, 5) is 26.4. The number of thiocarbonyl (C=S) groups is 1. The van der Waals surface area contributed by atoms with Crippen LogP contribution in [0, 0.1) is 0 Å². The van der Waals surface area contributed by atoms with Crippen molar-refractivity contribution in [2.75, 3.05) is 24.6 Å². The summed E-state index contributed by atoms with van der Waals surface area (Å²) in [5.74, 6) is -0.251. The van der Waals surface area contributed by atoms with Crippen LogP contribution in [0.25, 0.3) is 0 Å². The maximum atomic E-state index is 14.3. The van der Waals surface area contributed by atoms with Crippen molar-refractivity contribution in [3.8, 4) is 0 Å². The maximum absolute atomic E-state index is 14.3. The van der Waals surface area contributed by atoms with Gasteiger partial charge in [-0.05, 0) is 24.1 Å². The van der Waals surface area contributed by atoms with Gasteiger partial charge in [0.15, 0.2) is 0 Å². The lowest BCUT2D eigenvalue weighted by molar-refractivity contribution is -0.184. The van der Waals surface area contributed by atoms with E-state index in [1.54, 1.807) is 0 Å². The van der Waals surface area contributed by atoms with E-state index < -0.39 is 24.2 Å². The van der Waals surface area contributed by atoms with Crippen LogP contribution in [0.1, 0.15) is 17.5 Å². The number of alkyl halides is 3. The molecule has 1 aromatic carbocycles. The number of halogens is 6. The van der Waals surface area contributed by atoms with E-state index in [1.807, 2.05) is 0 Å². The molecule has 2 atom stereocenters. The molecular formula is C19H15Cl3F3N5O2S. The van der Waals surface area contributed by atoms with E-state index in [0.29, 0.717) is 5.56 Å². The van der Waals surface area contributed by atoms with Crippen molar-refractivity contribution in [3.05, 3.63) is 50.7 Å². The number of amides is 1. The third kappa shape index (κ3) is 4.57. The summed E-state index contributed by atoms with van der Waals surface area (Å²) < 4.78 is 42.9. The lowest BCUT2D eigenvalue weighted by Crippen LogP contribution is -2.45. The zero-order valence-corrected chi connectivity index (χ0v) is 19.6. The Kier molecular flexibility index (Phi) is 6.62. The minimum Gasteiger partial charge on any atom is -0.362 e. The Morgan fingerprint density at radius 2 is 1.88 bits per heavy atom. The highest BCUT2D eigenvalue weighted by atomic mass is 35.5. The molecule has 2 aliphatic heterocycles. The molecule has 0 radical (unpaired) electrons. The highest BCUT2D eigenvalue weighted by molar-refractivity contribution is 7.80. The zero-order chi connectivity index (χ0) is 24.0. The van der Waals surface area contributed by atoms with Crippen molar-refractivity contribution in [2.24, 2.45) is 0 Å². The second kappa shape index (κ2) is 9.03. The molecule has 2 unspecified atom stereocenters. The Bertz CT molecular complexity index is 1080. The SMILES string of the molecule is O=C1NOCC1NC(=S)c1cnc(N2CCC(c3cc(Cl)c(Cl)c(Cl)c3)(C(F)(F)F)C2)nc1. The molecule has 2 saturated heterocycles. The van der Waals surface area contributed by atoms with Crippen molar-refractivity contribution in [3.63, 3.8) is 0 Å². The summed E-state index contributed by atoms with van der Waals surface area (Å²) in [6, 6.07) is 1.74. The molecule has 2 N–H and O–H groups in total. The van der Waals surface area contributed by atoms with Gasteiger partial charge in [0.25, 0.3) is 5.91 Å². The van der Waals surface area contributed by atoms with E-state index in [2.05, 4.69) is 20.8 Å². The van der Waals surface area contributed by atoms with E-state index in [0.717, 1.165) is 0 Å². The number of hydrogen-bond donors (Lipinski definition) is 2. The van der Waals surface area contributed by atoms with Gasteiger partial charge in [-0.3, -0.25) is 9.63 Å². The maximum Gasteiger partial charge on any atom is 0.400 e. The number of nitrogens with one attached hydrogen (secondary N) is 2. The fourth-order valence-electron chi connectivity index (χ4n) is 3.74. The summed E-state index contributed by atoms with van der Waals surface area (Å²) in [5.41, 5.74) is 0.314. The lowest BCUT2D eigenvalue weighted by atomic mass is 9.79. The molecule has 33 heavy (non-hydrogen) atoms. The number of aromatic nitrogens is 2. The van der Waals surface area contributed by atoms with Crippen molar-refractivity contribution in [2.45, 2.75) is 24.1 Å². The predicted molar refractivity (Wildman–Crippen MR) is 121 cm³/mol. The van der Waals surface area contributed by atoms with Gasteiger partial charge in [-0.2, -0.15) is 13.2 Å². The standard InChI is InChI=1S/C19H15Cl3F3N5O2S/c20-11-3-10(4-12(21)14(11)22)18(19(23,24)25)1-2-30(8-18)17-26-5-9(6-27-17)16(33)28-13-7-32-29-15(13)31/h3-6,13H,1-2,7-8H2,(H,28,33)(H,29,31). The number of hydrogen-bond acceptors (Lipinski definition) is 6. The minimum absolute atomic E-state index is 0.000547. The monoisotopic (exact) mass is 539 g/mol. The molecule has 0 bridgehead atoms. The number of carbonyl (C=O) groups excluding carboxylic acids is 1. The quantitative estimate of drug-likeness (QED) is 0.451. The molecular weight excluding hydrogens is 526 g/mol. The van der Waals surface area contributed by atoms with Crippen molar-refractivity contribution >= 4 is 63.9 Å². The van der Waals surface area contributed by atoms with E-state index in [4.69, 9.17) is 51.9 Å². The molecule has 4 rings (SSSR count). The third-order valence-corrected chi connectivity index (χ3v) is 7.13. The van der Waals surface area contributed by atoms with Gasteiger partial charge in [0.05, 0.1) is 15.1 Å². The normalized spacial score (nSPS) is 23.0. The molecule has 0 aliphatic carbocycles. The summed E-state index contributed by atoms with van der Waals surface area (Å²) in [7, 11) is 0. The number of rotatable bonds is 4. The highest BCUT2D eigenvalue weighted by Crippen LogP contribution is 2.50. The molecule has 3 heterocycles. The summed E-state index contributed by atoms with van der Waals surface area (Å²) in [6.07, 6.45) is -2.06. The van der Waals surface area contributed by atoms with E-state index in [9.17, 15) is 18.0 Å². The van der Waals surface area contributed by atoms with Gasteiger partial charge in [-0.1, -0.05) is 47.0 Å². The smallest absolute Gasteiger partial charge is 0.362 e. The topological polar surface area (TPSA) is 79.4 Å². The van der Waals surface area contributed by atoms with Crippen molar-refractivity contribution < 1.29 is 22.8 Å². The first-order valence-corrected chi connectivity index (χ1v) is 11.1. The zero-order valence-electron chi connectivity index (χ0n) is 16.5. The van der Waals surface area contributed by atoms with Gasteiger partial charge in [-0.15, -0.1) is 0 Å². The molecule has 1 aromatic heterocycles. The second-order valence-electron chi connectivity index (χ2n) is 7.58. The Hall–Kier alpha value is -1.92. The first-order chi connectivity index (χ1) is 15.5. The molecule has 176 valence electrons. The van der Waals surface area contributed by atoms with Crippen LogP contribution >= 0.6 is 47.0 Å². The summed E-state index contributed by atoms with van der Waals surface area (Å²) in [6.45, 7) is -0.268. The fraction of sp³-hybridized carbons (Fsp3) is 0.368. The Labute approximate surface area is 206 Å². The Morgan fingerprint density at radius 1 is 1.24 bits per heavy atom. The molecule has 7 nitrogen and oxygen atoms in total. The van der Waals surface area contributed by atoms with Crippen LogP contribution in [0.3, 0.4) is 0 Å². The van der Waals surface area contributed by atoms with Crippen LogP contribution in [0.2, 0.25) is 15.1 Å². The molecule has 2 fully saturated rings. The van der Waals surface area contributed by atoms with Crippen LogP contribution in [0.5, 0.6) is 0 Å². The van der Waals surface area contributed by atoms with Gasteiger partial charge in [0.2, 0.25) is 5.95 Å². The van der Waals surface area contributed by atoms with Crippen LogP contribution in [0.15, 0.2) is 24.5 Å². The van der Waals surface area contributed by atoms with Gasteiger partial charge in [0.1, 0.15) is 23.1 Å². The Balaban J connectivity index is 1.55. The number of anilines is 1. The fourth-order valence-corrected chi connectivity index (χ4v) is 4.58. The van der Waals surface area contributed by atoms with Gasteiger partial charge >= 0.3 is 6.18 Å². The third-order valence-electron chi connectivity index (χ3n) is 5.58. The van der Waals surface area contributed by atoms with Crippen LogP contribution in [-0.2, 0) is 15.0 Å². The second-order valence-corrected chi connectivity index (χ2v) is 9.18. The number of carbonyl (C=O) groups is 1. The molecule has 2 aromatic rings. The van der Waals surface area contributed by atoms with Gasteiger partial charge in [-0.25, -0.2) is 15.4 Å². The largest absolute Gasteiger partial charge is 0.400 e. The highest BCUT2D eigenvalue weighted by Gasteiger charge is 2.59. The van der Waals surface area contributed by atoms with Crippen molar-refractivity contribution in [1.29, 1.82) is 0 Å². The molecule has 2 aliphatic rings. The first-order valence-electron chi connectivity index (χ1n) is 9.53. The average Bonchev–Trinajstić information content (AvgIpc) is 3.39. The van der Waals surface area contributed by atoms with E-state index in [-0.39, 0.29) is 57.0 Å². The summed E-state index contributed by atoms with van der Waals surface area (Å²) >= 11 is 23.2. The number of benzene rings is 1. The lowest BCUT2D eigenvalue weighted by Gasteiger charge is -2.32. The van der Waals surface area contributed by atoms with E-state index in [1.165, 1.54) is 29.4 Å². The average molecular weight is 541 g/mol. The minimum atomic E-state index is -4.59. The van der Waals surface area contributed by atoms with E-state index >= 15 is 0 Å². The number of hydroxylamine groups is 1. The van der Waals surface area contributed by atoms with Gasteiger partial charge < -0.3 is 10.2 Å². The summed E-state index contributed by atoms with van der Waals surface area (Å²) in [5, 5.41) is 2.72. The number of nitrogens with zero attached hydrogens (tertiary/aromatic N) is 3.